The molecule has 0 aromatic carbocycles. The third-order valence-electron chi connectivity index (χ3n) is 4.42. The lowest BCUT2D eigenvalue weighted by Gasteiger charge is -2.32. The van der Waals surface area contributed by atoms with Crippen molar-refractivity contribution in [2.45, 2.75) is 39.5 Å². The molecule has 0 spiro atoms. The predicted octanol–water partition coefficient (Wildman–Crippen LogP) is 2.98. The van der Waals surface area contributed by atoms with Gasteiger partial charge in [-0.25, -0.2) is 4.98 Å². The molecular formula is C17H32Cl2N4OS. The molecule has 1 aromatic heterocycles. The molecule has 0 bridgehead atoms. The number of hydrogen-bond acceptors (Lipinski definition) is 5. The number of halogens is 2. The van der Waals surface area contributed by atoms with Crippen molar-refractivity contribution in [1.82, 2.24) is 15.2 Å². The van der Waals surface area contributed by atoms with Gasteiger partial charge in [0.2, 0.25) is 0 Å². The van der Waals surface area contributed by atoms with Crippen molar-refractivity contribution < 1.29 is 4.79 Å². The van der Waals surface area contributed by atoms with E-state index in [4.69, 9.17) is 5.73 Å². The monoisotopic (exact) mass is 410 g/mol. The van der Waals surface area contributed by atoms with Gasteiger partial charge in [-0.15, -0.1) is 36.2 Å². The average Bonchev–Trinajstić information content (AvgIpc) is 3.00. The maximum absolute atomic E-state index is 12.1. The van der Waals surface area contributed by atoms with Crippen molar-refractivity contribution in [3.8, 4) is 0 Å². The third kappa shape index (κ3) is 8.69. The Balaban J connectivity index is 0.00000288. The van der Waals surface area contributed by atoms with Crippen LogP contribution in [0.4, 0.5) is 0 Å². The molecule has 3 N–H and O–H groups in total. The lowest BCUT2D eigenvalue weighted by molar-refractivity contribution is 0.0931. The number of carbonyl (C=O) groups is 1. The third-order valence-corrected chi connectivity index (χ3v) is 5.33. The highest BCUT2D eigenvalue weighted by Crippen LogP contribution is 2.18. The van der Waals surface area contributed by atoms with Crippen LogP contribution in [-0.4, -0.2) is 48.5 Å². The van der Waals surface area contributed by atoms with E-state index in [1.807, 2.05) is 5.38 Å². The number of carbonyl (C=O) groups excluding carboxylic acids is 1. The summed E-state index contributed by atoms with van der Waals surface area (Å²) in [6.45, 7) is 9.42. The van der Waals surface area contributed by atoms with Crippen molar-refractivity contribution in [3.05, 3.63) is 16.1 Å². The van der Waals surface area contributed by atoms with E-state index in [2.05, 4.69) is 29.0 Å². The number of amides is 1. The SMILES string of the molecule is CC(C)CCN1CCC(CNC(=O)c2csc(CCN)n2)CC1.Cl.Cl. The predicted molar refractivity (Wildman–Crippen MR) is 110 cm³/mol. The summed E-state index contributed by atoms with van der Waals surface area (Å²) in [4.78, 5) is 19.0. The number of piperidine rings is 1. The Bertz CT molecular complexity index is 491. The molecule has 2 heterocycles. The van der Waals surface area contributed by atoms with Crippen LogP contribution in [0.5, 0.6) is 0 Å². The molecule has 1 aliphatic heterocycles. The minimum Gasteiger partial charge on any atom is -0.350 e. The molecule has 0 aliphatic carbocycles. The summed E-state index contributed by atoms with van der Waals surface area (Å²) in [6, 6.07) is 0. The van der Waals surface area contributed by atoms with Crippen molar-refractivity contribution in [2.24, 2.45) is 17.6 Å². The maximum atomic E-state index is 12.1. The second-order valence-corrected chi connectivity index (χ2v) is 7.79. The molecule has 0 unspecified atom stereocenters. The number of thiazole rings is 1. The number of nitrogens with zero attached hydrogens (tertiary/aromatic N) is 2. The summed E-state index contributed by atoms with van der Waals surface area (Å²) in [5.74, 6) is 1.32. The Morgan fingerprint density at radius 2 is 2.08 bits per heavy atom. The smallest absolute Gasteiger partial charge is 0.270 e. The van der Waals surface area contributed by atoms with Gasteiger partial charge in [-0.05, 0) is 57.3 Å². The van der Waals surface area contributed by atoms with E-state index in [0.29, 0.717) is 18.2 Å². The van der Waals surface area contributed by atoms with Gasteiger partial charge >= 0.3 is 0 Å². The molecule has 8 heteroatoms. The van der Waals surface area contributed by atoms with Crippen LogP contribution >= 0.6 is 36.2 Å². The summed E-state index contributed by atoms with van der Waals surface area (Å²) >= 11 is 1.51. The first-order chi connectivity index (χ1) is 11.1. The summed E-state index contributed by atoms with van der Waals surface area (Å²) in [7, 11) is 0. The van der Waals surface area contributed by atoms with Crippen molar-refractivity contribution in [3.63, 3.8) is 0 Å². The number of hydrogen-bond donors (Lipinski definition) is 2. The van der Waals surface area contributed by atoms with Crippen LogP contribution in [0, 0.1) is 11.8 Å². The Kier molecular flexibility index (Phi) is 12.7. The lowest BCUT2D eigenvalue weighted by Crippen LogP contribution is -2.39. The van der Waals surface area contributed by atoms with Crippen LogP contribution in [0.15, 0.2) is 5.38 Å². The van der Waals surface area contributed by atoms with Crippen molar-refractivity contribution in [1.29, 1.82) is 0 Å². The quantitative estimate of drug-likeness (QED) is 0.690. The normalized spacial score (nSPS) is 15.5. The fraction of sp³-hybridized carbons (Fsp3) is 0.765. The number of aromatic nitrogens is 1. The molecule has 1 saturated heterocycles. The Morgan fingerprint density at radius 1 is 1.40 bits per heavy atom. The van der Waals surface area contributed by atoms with Gasteiger partial charge < -0.3 is 16.0 Å². The molecule has 5 nitrogen and oxygen atoms in total. The highest BCUT2D eigenvalue weighted by atomic mass is 35.5. The minimum atomic E-state index is -0.0493. The van der Waals surface area contributed by atoms with Crippen LogP contribution in [-0.2, 0) is 6.42 Å². The van der Waals surface area contributed by atoms with Gasteiger partial charge in [0.15, 0.2) is 0 Å². The van der Waals surface area contributed by atoms with Crippen LogP contribution < -0.4 is 11.1 Å². The zero-order valence-electron chi connectivity index (χ0n) is 15.2. The van der Waals surface area contributed by atoms with Crippen molar-refractivity contribution >= 4 is 42.1 Å². The standard InChI is InChI=1S/C17H30N4OS.2ClH/c1-13(2)4-8-21-9-5-14(6-10-21)11-19-17(22)15-12-23-16(20-15)3-7-18;;/h12-14H,3-11,18H2,1-2H3,(H,19,22);2*1H. The van der Waals surface area contributed by atoms with E-state index in [1.54, 1.807) is 0 Å². The molecule has 0 atom stereocenters. The van der Waals surface area contributed by atoms with Crippen molar-refractivity contribution in [2.75, 3.05) is 32.7 Å². The fourth-order valence-corrected chi connectivity index (χ4v) is 3.63. The number of nitrogens with one attached hydrogen (secondary N) is 1. The van der Waals surface area contributed by atoms with E-state index in [-0.39, 0.29) is 30.7 Å². The summed E-state index contributed by atoms with van der Waals surface area (Å²) in [6.07, 6.45) is 4.37. The van der Waals surface area contributed by atoms with E-state index in [9.17, 15) is 4.79 Å². The molecule has 1 amide bonds. The largest absolute Gasteiger partial charge is 0.350 e. The topological polar surface area (TPSA) is 71.2 Å². The molecule has 146 valence electrons. The van der Waals surface area contributed by atoms with Gasteiger partial charge in [-0.2, -0.15) is 0 Å². The Hall–Kier alpha value is -0.400. The molecular weight excluding hydrogens is 379 g/mol. The molecule has 2 rings (SSSR count). The highest BCUT2D eigenvalue weighted by Gasteiger charge is 2.20. The van der Waals surface area contributed by atoms with Crippen LogP contribution in [0.25, 0.3) is 0 Å². The van der Waals surface area contributed by atoms with E-state index < -0.39 is 0 Å². The summed E-state index contributed by atoms with van der Waals surface area (Å²) < 4.78 is 0. The van der Waals surface area contributed by atoms with Crippen LogP contribution in [0.3, 0.4) is 0 Å². The van der Waals surface area contributed by atoms with E-state index >= 15 is 0 Å². The average molecular weight is 411 g/mol. The second kappa shape index (κ2) is 12.9. The molecule has 1 aromatic rings. The van der Waals surface area contributed by atoms with Gasteiger partial charge in [-0.1, -0.05) is 13.8 Å². The Labute approximate surface area is 168 Å². The van der Waals surface area contributed by atoms with Gasteiger partial charge in [-0.3, -0.25) is 4.79 Å². The fourth-order valence-electron chi connectivity index (χ4n) is 2.84. The number of likely N-dealkylation sites (tertiary alicyclic amines) is 1. The number of rotatable bonds is 8. The molecule has 0 saturated carbocycles. The van der Waals surface area contributed by atoms with Gasteiger partial charge in [0.25, 0.3) is 5.91 Å². The Morgan fingerprint density at radius 3 is 2.68 bits per heavy atom. The molecule has 0 radical (unpaired) electrons. The first-order valence-corrected chi connectivity index (χ1v) is 9.61. The molecule has 25 heavy (non-hydrogen) atoms. The summed E-state index contributed by atoms with van der Waals surface area (Å²) in [5, 5.41) is 5.81. The zero-order chi connectivity index (χ0) is 16.7. The van der Waals surface area contributed by atoms with E-state index in [0.717, 1.165) is 37.0 Å². The van der Waals surface area contributed by atoms with Crippen LogP contribution in [0.1, 0.15) is 48.6 Å². The lowest BCUT2D eigenvalue weighted by atomic mass is 9.96. The number of nitrogens with two attached hydrogens (primary N) is 1. The van der Waals surface area contributed by atoms with Gasteiger partial charge in [0.1, 0.15) is 5.69 Å². The van der Waals surface area contributed by atoms with Gasteiger partial charge in [0, 0.05) is 18.3 Å². The highest BCUT2D eigenvalue weighted by molar-refractivity contribution is 7.09. The first kappa shape index (κ1) is 24.6. The van der Waals surface area contributed by atoms with Crippen LogP contribution in [0.2, 0.25) is 0 Å². The second-order valence-electron chi connectivity index (χ2n) is 6.84. The molecule has 1 aliphatic rings. The maximum Gasteiger partial charge on any atom is 0.270 e. The first-order valence-electron chi connectivity index (χ1n) is 8.73. The van der Waals surface area contributed by atoms with E-state index in [1.165, 1.54) is 37.1 Å². The van der Waals surface area contributed by atoms with Gasteiger partial charge in [0.05, 0.1) is 5.01 Å². The molecule has 1 fully saturated rings. The summed E-state index contributed by atoms with van der Waals surface area (Å²) in [5.41, 5.74) is 6.05. The zero-order valence-corrected chi connectivity index (χ0v) is 17.7. The minimum absolute atomic E-state index is 0.